The standard InChI is InChI=1S/C14H24N2O3/c1-3-19-14(18)12-6-4-5-7-16(12)13(17)11-9-15-8-10(11)2/h10-12,15H,3-9H2,1-2H3/t10-,11-,12?/m1/s1. The van der Waals surface area contributed by atoms with Crippen LogP contribution in [0.15, 0.2) is 0 Å². The van der Waals surface area contributed by atoms with Gasteiger partial charge in [0.1, 0.15) is 6.04 Å². The summed E-state index contributed by atoms with van der Waals surface area (Å²) in [6.45, 7) is 6.56. The van der Waals surface area contributed by atoms with E-state index in [0.717, 1.165) is 32.4 Å². The normalized spacial score (nSPS) is 31.3. The second-order valence-electron chi connectivity index (χ2n) is 5.54. The van der Waals surface area contributed by atoms with Crippen LogP contribution in [0.25, 0.3) is 0 Å². The Balaban J connectivity index is 2.06. The Morgan fingerprint density at radius 2 is 2.11 bits per heavy atom. The average Bonchev–Trinajstić information content (AvgIpc) is 2.84. The number of rotatable bonds is 3. The smallest absolute Gasteiger partial charge is 0.328 e. The van der Waals surface area contributed by atoms with Crippen LogP contribution in [0, 0.1) is 11.8 Å². The molecule has 2 saturated heterocycles. The Morgan fingerprint density at radius 3 is 2.74 bits per heavy atom. The summed E-state index contributed by atoms with van der Waals surface area (Å²) < 4.78 is 5.10. The number of ether oxygens (including phenoxy) is 1. The monoisotopic (exact) mass is 268 g/mol. The highest BCUT2D eigenvalue weighted by atomic mass is 16.5. The Labute approximate surface area is 114 Å². The van der Waals surface area contributed by atoms with Crippen molar-refractivity contribution < 1.29 is 14.3 Å². The third kappa shape index (κ3) is 3.08. The molecule has 2 fully saturated rings. The van der Waals surface area contributed by atoms with E-state index < -0.39 is 0 Å². The molecule has 0 spiro atoms. The van der Waals surface area contributed by atoms with Crippen molar-refractivity contribution >= 4 is 11.9 Å². The molecule has 19 heavy (non-hydrogen) atoms. The first-order valence-electron chi connectivity index (χ1n) is 7.33. The molecule has 0 radical (unpaired) electrons. The van der Waals surface area contributed by atoms with Gasteiger partial charge in [-0.25, -0.2) is 4.79 Å². The second kappa shape index (κ2) is 6.37. The van der Waals surface area contributed by atoms with E-state index in [4.69, 9.17) is 4.74 Å². The Kier molecular flexibility index (Phi) is 4.80. The highest BCUT2D eigenvalue weighted by Crippen LogP contribution is 2.25. The van der Waals surface area contributed by atoms with Crippen molar-refractivity contribution in [2.24, 2.45) is 11.8 Å². The number of carbonyl (C=O) groups is 2. The predicted molar refractivity (Wildman–Crippen MR) is 71.5 cm³/mol. The summed E-state index contributed by atoms with van der Waals surface area (Å²) in [6.07, 6.45) is 2.71. The predicted octanol–water partition coefficient (Wildman–Crippen LogP) is 0.786. The summed E-state index contributed by atoms with van der Waals surface area (Å²) in [7, 11) is 0. The first-order valence-corrected chi connectivity index (χ1v) is 7.33. The number of hydrogen-bond donors (Lipinski definition) is 1. The molecule has 0 aromatic rings. The van der Waals surface area contributed by atoms with Gasteiger partial charge in [-0.15, -0.1) is 0 Å². The van der Waals surface area contributed by atoms with Gasteiger partial charge < -0.3 is 15.0 Å². The van der Waals surface area contributed by atoms with Crippen molar-refractivity contribution in [3.05, 3.63) is 0 Å². The van der Waals surface area contributed by atoms with E-state index in [1.54, 1.807) is 11.8 Å². The molecule has 0 aliphatic carbocycles. The molecule has 0 aromatic heterocycles. The van der Waals surface area contributed by atoms with Crippen molar-refractivity contribution in [3.63, 3.8) is 0 Å². The van der Waals surface area contributed by atoms with Gasteiger partial charge in [0, 0.05) is 13.1 Å². The van der Waals surface area contributed by atoms with Crippen molar-refractivity contribution in [1.29, 1.82) is 0 Å². The van der Waals surface area contributed by atoms with E-state index in [0.29, 0.717) is 19.1 Å². The van der Waals surface area contributed by atoms with E-state index in [1.807, 2.05) is 0 Å². The molecule has 2 aliphatic heterocycles. The summed E-state index contributed by atoms with van der Waals surface area (Å²) in [5.41, 5.74) is 0. The van der Waals surface area contributed by atoms with Crippen molar-refractivity contribution in [2.75, 3.05) is 26.2 Å². The molecule has 0 saturated carbocycles. The average molecular weight is 268 g/mol. The van der Waals surface area contributed by atoms with Crippen LogP contribution in [0.1, 0.15) is 33.1 Å². The number of carbonyl (C=O) groups excluding carboxylic acids is 2. The second-order valence-corrected chi connectivity index (χ2v) is 5.54. The summed E-state index contributed by atoms with van der Waals surface area (Å²) >= 11 is 0. The minimum absolute atomic E-state index is 0.00928. The highest BCUT2D eigenvalue weighted by molar-refractivity contribution is 5.86. The molecule has 3 atom stereocenters. The van der Waals surface area contributed by atoms with Crippen LogP contribution in [0.4, 0.5) is 0 Å². The number of likely N-dealkylation sites (tertiary alicyclic amines) is 1. The van der Waals surface area contributed by atoms with E-state index >= 15 is 0 Å². The number of nitrogens with zero attached hydrogens (tertiary/aromatic N) is 1. The quantitative estimate of drug-likeness (QED) is 0.769. The Hall–Kier alpha value is -1.10. The molecule has 2 rings (SSSR count). The van der Waals surface area contributed by atoms with Gasteiger partial charge in [-0.05, 0) is 38.6 Å². The SMILES string of the molecule is CCOC(=O)C1CCCCN1C(=O)[C@@H]1CNC[C@H]1C. The fraction of sp³-hybridized carbons (Fsp3) is 0.857. The lowest BCUT2D eigenvalue weighted by atomic mass is 9.93. The first kappa shape index (κ1) is 14.3. The minimum Gasteiger partial charge on any atom is -0.464 e. The van der Waals surface area contributed by atoms with Crippen LogP contribution < -0.4 is 5.32 Å². The lowest BCUT2D eigenvalue weighted by molar-refractivity contribution is -0.158. The zero-order valence-electron chi connectivity index (χ0n) is 11.9. The first-order chi connectivity index (χ1) is 9.15. The molecule has 108 valence electrons. The molecule has 1 amide bonds. The van der Waals surface area contributed by atoms with Gasteiger partial charge in [-0.2, -0.15) is 0 Å². The van der Waals surface area contributed by atoms with Crippen LogP contribution in [-0.2, 0) is 14.3 Å². The van der Waals surface area contributed by atoms with Gasteiger partial charge in [-0.1, -0.05) is 6.92 Å². The van der Waals surface area contributed by atoms with E-state index in [9.17, 15) is 9.59 Å². The number of piperidine rings is 1. The van der Waals surface area contributed by atoms with Crippen LogP contribution in [0.5, 0.6) is 0 Å². The Bertz CT molecular complexity index is 346. The van der Waals surface area contributed by atoms with Gasteiger partial charge in [-0.3, -0.25) is 4.79 Å². The lowest BCUT2D eigenvalue weighted by Gasteiger charge is -2.36. The molecule has 0 bridgehead atoms. The molecule has 5 nitrogen and oxygen atoms in total. The lowest BCUT2D eigenvalue weighted by Crippen LogP contribution is -2.51. The fourth-order valence-electron chi connectivity index (χ4n) is 3.03. The van der Waals surface area contributed by atoms with E-state index in [1.165, 1.54) is 0 Å². The molecule has 0 aromatic carbocycles. The molecule has 5 heteroatoms. The highest BCUT2D eigenvalue weighted by Gasteiger charge is 2.39. The van der Waals surface area contributed by atoms with Crippen molar-refractivity contribution in [3.8, 4) is 0 Å². The maximum atomic E-state index is 12.6. The van der Waals surface area contributed by atoms with Crippen molar-refractivity contribution in [1.82, 2.24) is 10.2 Å². The summed E-state index contributed by atoms with van der Waals surface area (Å²) in [4.78, 5) is 26.3. The minimum atomic E-state index is -0.367. The van der Waals surface area contributed by atoms with E-state index in [2.05, 4.69) is 12.2 Å². The van der Waals surface area contributed by atoms with Crippen LogP contribution in [0.2, 0.25) is 0 Å². The fourth-order valence-corrected chi connectivity index (χ4v) is 3.03. The number of esters is 1. The number of amides is 1. The molecule has 2 aliphatic rings. The third-order valence-electron chi connectivity index (χ3n) is 4.18. The summed E-state index contributed by atoms with van der Waals surface area (Å²) in [5, 5.41) is 3.25. The molecule has 1 unspecified atom stereocenters. The Morgan fingerprint density at radius 1 is 1.32 bits per heavy atom. The zero-order chi connectivity index (χ0) is 13.8. The summed E-state index contributed by atoms with van der Waals surface area (Å²) in [5.74, 6) is 0.233. The number of nitrogens with one attached hydrogen (secondary N) is 1. The van der Waals surface area contributed by atoms with Gasteiger partial charge in [0.25, 0.3) is 0 Å². The zero-order valence-corrected chi connectivity index (χ0v) is 11.9. The van der Waals surface area contributed by atoms with Gasteiger partial charge in [0.2, 0.25) is 5.91 Å². The summed E-state index contributed by atoms with van der Waals surface area (Å²) in [6, 6.07) is -0.367. The van der Waals surface area contributed by atoms with Crippen molar-refractivity contribution in [2.45, 2.75) is 39.2 Å². The van der Waals surface area contributed by atoms with E-state index in [-0.39, 0.29) is 23.8 Å². The maximum absolute atomic E-state index is 12.6. The molecule has 1 N–H and O–H groups in total. The largest absolute Gasteiger partial charge is 0.464 e. The molecular formula is C14H24N2O3. The number of hydrogen-bond acceptors (Lipinski definition) is 4. The van der Waals surface area contributed by atoms with Crippen LogP contribution in [-0.4, -0.2) is 49.1 Å². The molecule has 2 heterocycles. The maximum Gasteiger partial charge on any atom is 0.328 e. The van der Waals surface area contributed by atoms with Crippen LogP contribution >= 0.6 is 0 Å². The topological polar surface area (TPSA) is 58.6 Å². The van der Waals surface area contributed by atoms with Gasteiger partial charge in [0.15, 0.2) is 0 Å². The molecular weight excluding hydrogens is 244 g/mol. The van der Waals surface area contributed by atoms with Gasteiger partial charge >= 0.3 is 5.97 Å². The third-order valence-corrected chi connectivity index (χ3v) is 4.18. The van der Waals surface area contributed by atoms with Gasteiger partial charge in [0.05, 0.1) is 12.5 Å². The van der Waals surface area contributed by atoms with Crippen LogP contribution in [0.3, 0.4) is 0 Å².